The largest absolute Gasteiger partial charge is 0.401 e. The number of hydrogen-bond donors (Lipinski definition) is 0. The van der Waals surface area contributed by atoms with E-state index in [1.165, 1.54) is 6.08 Å². The topological polar surface area (TPSA) is 43.1 Å². The van der Waals surface area contributed by atoms with E-state index in [1.807, 2.05) is 22.6 Å². The molecule has 1 aliphatic rings. The van der Waals surface area contributed by atoms with Crippen LogP contribution in [-0.2, 0) is 0 Å². The van der Waals surface area contributed by atoms with Crippen molar-refractivity contribution in [3.8, 4) is 0 Å². The highest BCUT2D eigenvalue weighted by Crippen LogP contribution is 2.28. The van der Waals surface area contributed by atoms with Crippen LogP contribution in [0.5, 0.6) is 0 Å². The fourth-order valence-electron chi connectivity index (χ4n) is 0.613. The first kappa shape index (κ1) is 8.83. The lowest BCUT2D eigenvalue weighted by Crippen LogP contribution is -2.01. The monoisotopic (exact) mass is 326 g/mol. The molecule has 1 aliphatic carbocycles. The Morgan fingerprint density at radius 1 is 1.73 bits per heavy atom. The molecule has 0 spiro atoms. The van der Waals surface area contributed by atoms with Gasteiger partial charge in [-0.15, -0.1) is 0 Å². The molecule has 0 N–H and O–H groups in total. The minimum atomic E-state index is -0.417. The van der Waals surface area contributed by atoms with Crippen molar-refractivity contribution in [1.29, 1.82) is 0 Å². The van der Waals surface area contributed by atoms with Crippen LogP contribution in [0.25, 0.3) is 0 Å². The van der Waals surface area contributed by atoms with E-state index in [2.05, 4.69) is 22.0 Å². The summed E-state index contributed by atoms with van der Waals surface area (Å²) in [4.78, 5) is 9.98. The fourth-order valence-corrected chi connectivity index (χ4v) is 2.14. The van der Waals surface area contributed by atoms with E-state index >= 15 is 0 Å². The maximum Gasteiger partial charge on any atom is 0.401 e. The van der Waals surface area contributed by atoms with E-state index in [4.69, 9.17) is 0 Å². The van der Waals surface area contributed by atoms with Gasteiger partial charge in [-0.2, -0.15) is 0 Å². The molecule has 0 aliphatic heterocycles. The average Bonchev–Trinajstić information content (AvgIpc) is 1.85. The Kier molecular flexibility index (Phi) is 2.75. The Balaban J connectivity index is 3.17. The van der Waals surface area contributed by atoms with Crippen LogP contribution < -0.4 is 0 Å². The van der Waals surface area contributed by atoms with E-state index < -0.39 is 4.92 Å². The molecule has 5 heteroatoms. The van der Waals surface area contributed by atoms with Crippen LogP contribution in [-0.4, -0.2) is 4.92 Å². The normalized spacial score (nSPS) is 16.0. The standard InChI is InChI=1S/C6H2BrINO2/c7-4-2-1-3-5(8)6(4)9(10)11/h2-3H/q+1. The van der Waals surface area contributed by atoms with E-state index in [1.54, 1.807) is 6.08 Å². The van der Waals surface area contributed by atoms with Crippen LogP contribution in [0.2, 0.25) is 0 Å². The van der Waals surface area contributed by atoms with Gasteiger partial charge in [-0.1, -0.05) is 0 Å². The zero-order valence-corrected chi connectivity index (χ0v) is 8.92. The summed E-state index contributed by atoms with van der Waals surface area (Å²) in [5.41, 5.74) is 0.101. The first-order chi connectivity index (χ1) is 5.13. The van der Waals surface area contributed by atoms with Crippen molar-refractivity contribution in [2.24, 2.45) is 0 Å². The van der Waals surface area contributed by atoms with Crippen LogP contribution >= 0.6 is 38.5 Å². The highest BCUT2D eigenvalue weighted by molar-refractivity contribution is 14.1. The maximum absolute atomic E-state index is 10.4. The molecule has 0 radical (unpaired) electrons. The Hall–Kier alpha value is -0.260. The second-order valence-electron chi connectivity index (χ2n) is 1.76. The molecule has 0 aromatic rings. The van der Waals surface area contributed by atoms with Crippen molar-refractivity contribution in [1.82, 2.24) is 0 Å². The van der Waals surface area contributed by atoms with Crippen molar-refractivity contribution >= 4 is 38.5 Å². The molecule has 11 heavy (non-hydrogen) atoms. The Bertz CT molecular complexity index is 293. The Labute approximate surface area is 85.3 Å². The summed E-state index contributed by atoms with van der Waals surface area (Å²) in [5.74, 6) is 0. The summed E-state index contributed by atoms with van der Waals surface area (Å²) in [6.07, 6.45) is 5.87. The maximum atomic E-state index is 10.4. The van der Waals surface area contributed by atoms with E-state index in [-0.39, 0.29) is 5.70 Å². The third-order valence-electron chi connectivity index (χ3n) is 1.06. The van der Waals surface area contributed by atoms with Crippen LogP contribution in [0.15, 0.2) is 25.9 Å². The molecule has 0 heterocycles. The number of rotatable bonds is 1. The highest BCUT2D eigenvalue weighted by Gasteiger charge is 2.30. The van der Waals surface area contributed by atoms with Crippen molar-refractivity contribution in [2.75, 3.05) is 0 Å². The molecule has 0 aromatic carbocycles. The highest BCUT2D eigenvalue weighted by atomic mass is 127. The molecule has 0 aromatic heterocycles. The van der Waals surface area contributed by atoms with Gasteiger partial charge in [0.25, 0.3) is 0 Å². The van der Waals surface area contributed by atoms with Gasteiger partial charge in [0.15, 0.2) is 0 Å². The second-order valence-corrected chi connectivity index (χ2v) is 3.77. The molecule has 56 valence electrons. The van der Waals surface area contributed by atoms with Crippen LogP contribution in [0.1, 0.15) is 0 Å². The molecular formula is C6H2BrINO2+. The molecule has 0 saturated carbocycles. The zero-order chi connectivity index (χ0) is 8.43. The molecule has 0 bridgehead atoms. The summed E-state index contributed by atoms with van der Waals surface area (Å²) in [6, 6.07) is 0. The van der Waals surface area contributed by atoms with E-state index in [9.17, 15) is 10.1 Å². The number of hydrogen-bond acceptors (Lipinski definition) is 2. The number of halogens is 2. The van der Waals surface area contributed by atoms with Gasteiger partial charge in [-0.05, 0) is 0 Å². The lowest BCUT2D eigenvalue weighted by atomic mass is 10.2. The van der Waals surface area contributed by atoms with Gasteiger partial charge in [0.1, 0.15) is 12.2 Å². The SMILES string of the molecule is O=[N+]([O-])C1=C(Br)C=[C+]C=C1I. The third-order valence-corrected chi connectivity index (χ3v) is 2.48. The smallest absolute Gasteiger partial charge is 0.256 e. The molecule has 0 unspecified atom stereocenters. The number of nitro groups is 1. The summed E-state index contributed by atoms with van der Waals surface area (Å²) >= 11 is 4.97. The third kappa shape index (κ3) is 1.85. The fraction of sp³-hybridized carbons (Fsp3) is 0. The molecule has 0 atom stereocenters. The average molecular weight is 327 g/mol. The zero-order valence-electron chi connectivity index (χ0n) is 5.17. The quantitative estimate of drug-likeness (QED) is 0.322. The summed E-state index contributed by atoms with van der Waals surface area (Å²) in [7, 11) is 0. The molecule has 0 saturated heterocycles. The van der Waals surface area contributed by atoms with E-state index in [0.29, 0.717) is 8.06 Å². The molecule has 1 rings (SSSR count). The number of allylic oxidation sites excluding steroid dienone is 5. The van der Waals surface area contributed by atoms with Crippen molar-refractivity contribution in [3.63, 3.8) is 0 Å². The van der Waals surface area contributed by atoms with Gasteiger partial charge < -0.3 is 0 Å². The summed E-state index contributed by atoms with van der Waals surface area (Å²) in [5, 5.41) is 10.4. The molecular weight excluding hydrogens is 325 g/mol. The summed E-state index contributed by atoms with van der Waals surface area (Å²) in [6.45, 7) is 0. The van der Waals surface area contributed by atoms with Crippen molar-refractivity contribution in [2.45, 2.75) is 0 Å². The van der Waals surface area contributed by atoms with Crippen LogP contribution in [0.3, 0.4) is 0 Å². The minimum absolute atomic E-state index is 0.101. The first-order valence-corrected chi connectivity index (χ1v) is 4.49. The lowest BCUT2D eigenvalue weighted by Gasteiger charge is -1.91. The lowest BCUT2D eigenvalue weighted by molar-refractivity contribution is -0.419. The Morgan fingerprint density at radius 3 is 2.73 bits per heavy atom. The van der Waals surface area contributed by atoms with Crippen molar-refractivity contribution in [3.05, 3.63) is 42.1 Å². The first-order valence-electron chi connectivity index (χ1n) is 2.62. The van der Waals surface area contributed by atoms with Gasteiger partial charge in [0, 0.05) is 22.0 Å². The predicted octanol–water partition coefficient (Wildman–Crippen LogP) is 2.56. The Morgan fingerprint density at radius 2 is 2.36 bits per heavy atom. The molecule has 3 nitrogen and oxygen atoms in total. The van der Waals surface area contributed by atoms with Crippen LogP contribution in [0, 0.1) is 16.2 Å². The van der Waals surface area contributed by atoms with Gasteiger partial charge in [0.05, 0.1) is 27.5 Å². The molecule has 0 fully saturated rings. The van der Waals surface area contributed by atoms with Crippen LogP contribution in [0.4, 0.5) is 0 Å². The minimum Gasteiger partial charge on any atom is -0.256 e. The van der Waals surface area contributed by atoms with Crippen molar-refractivity contribution < 1.29 is 4.92 Å². The van der Waals surface area contributed by atoms with Gasteiger partial charge in [-0.25, -0.2) is 0 Å². The second kappa shape index (κ2) is 3.42. The number of nitrogens with zero attached hydrogens (tertiary/aromatic N) is 1. The van der Waals surface area contributed by atoms with Gasteiger partial charge in [-0.3, -0.25) is 10.1 Å². The van der Waals surface area contributed by atoms with E-state index in [0.717, 1.165) is 0 Å². The predicted molar refractivity (Wildman–Crippen MR) is 52.9 cm³/mol. The van der Waals surface area contributed by atoms with Gasteiger partial charge in [0.2, 0.25) is 8.06 Å². The van der Waals surface area contributed by atoms with Gasteiger partial charge >= 0.3 is 5.70 Å². The summed E-state index contributed by atoms with van der Waals surface area (Å²) < 4.78 is 1.05. The molecule has 0 amide bonds.